The Morgan fingerprint density at radius 2 is 2.00 bits per heavy atom. The molecule has 0 fully saturated rings. The molecule has 1 heterocycles. The van der Waals surface area contributed by atoms with Gasteiger partial charge in [-0.15, -0.1) is 0 Å². The highest BCUT2D eigenvalue weighted by Crippen LogP contribution is 2.20. The van der Waals surface area contributed by atoms with Gasteiger partial charge in [-0.25, -0.2) is 4.68 Å². The Morgan fingerprint density at radius 3 is 2.55 bits per heavy atom. The number of hydrogen-bond acceptors (Lipinski definition) is 4. The molecule has 0 saturated carbocycles. The number of benzene rings is 1. The van der Waals surface area contributed by atoms with Gasteiger partial charge < -0.3 is 5.32 Å². The third-order valence-electron chi connectivity index (χ3n) is 3.00. The Morgan fingerprint density at radius 1 is 1.36 bits per heavy atom. The van der Waals surface area contributed by atoms with Crippen molar-refractivity contribution in [3.63, 3.8) is 0 Å². The zero-order valence-electron chi connectivity index (χ0n) is 12.7. The number of hydrogen-bond donors (Lipinski definition) is 1. The number of non-ortho nitro benzene ring substituents is 1. The summed E-state index contributed by atoms with van der Waals surface area (Å²) in [7, 11) is 0. The van der Waals surface area contributed by atoms with E-state index in [1.165, 1.54) is 12.1 Å². The second-order valence-corrected chi connectivity index (χ2v) is 5.50. The van der Waals surface area contributed by atoms with Gasteiger partial charge in [-0.05, 0) is 25.0 Å². The Labute approximate surface area is 128 Å². The zero-order valence-corrected chi connectivity index (χ0v) is 12.7. The minimum absolute atomic E-state index is 0.0121. The molecule has 0 saturated heterocycles. The van der Waals surface area contributed by atoms with E-state index in [0.29, 0.717) is 17.9 Å². The van der Waals surface area contributed by atoms with E-state index >= 15 is 0 Å². The average molecular weight is 302 g/mol. The first-order valence-electron chi connectivity index (χ1n) is 6.98. The molecule has 2 rings (SSSR count). The van der Waals surface area contributed by atoms with Crippen LogP contribution in [0.2, 0.25) is 0 Å². The Balaban J connectivity index is 2.27. The van der Waals surface area contributed by atoms with Crippen molar-refractivity contribution < 1.29 is 9.72 Å². The number of carbonyl (C=O) groups is 1. The van der Waals surface area contributed by atoms with E-state index in [1.54, 1.807) is 22.9 Å². The van der Waals surface area contributed by atoms with Crippen molar-refractivity contribution >= 4 is 17.4 Å². The number of anilines is 1. The van der Waals surface area contributed by atoms with Crippen LogP contribution in [-0.4, -0.2) is 20.6 Å². The van der Waals surface area contributed by atoms with Crippen LogP contribution in [0, 0.1) is 23.0 Å². The van der Waals surface area contributed by atoms with Crippen molar-refractivity contribution in [2.45, 2.75) is 27.2 Å². The van der Waals surface area contributed by atoms with Crippen LogP contribution >= 0.6 is 0 Å². The third kappa shape index (κ3) is 3.69. The van der Waals surface area contributed by atoms with Crippen molar-refractivity contribution in [1.82, 2.24) is 9.78 Å². The van der Waals surface area contributed by atoms with E-state index in [4.69, 9.17) is 0 Å². The molecule has 0 aliphatic carbocycles. The Hall–Kier alpha value is -2.70. The van der Waals surface area contributed by atoms with Gasteiger partial charge in [0.15, 0.2) is 0 Å². The Kier molecular flexibility index (Phi) is 4.55. The van der Waals surface area contributed by atoms with Crippen molar-refractivity contribution in [1.29, 1.82) is 0 Å². The Bertz CT molecular complexity index is 689. The molecule has 7 heteroatoms. The van der Waals surface area contributed by atoms with E-state index in [2.05, 4.69) is 10.4 Å². The average Bonchev–Trinajstić information content (AvgIpc) is 2.78. The molecule has 0 atom stereocenters. The van der Waals surface area contributed by atoms with Crippen LogP contribution < -0.4 is 5.32 Å². The number of carbonyl (C=O) groups excluding carboxylic acids is 1. The van der Waals surface area contributed by atoms with Crippen LogP contribution in [0.4, 0.5) is 11.5 Å². The molecule has 22 heavy (non-hydrogen) atoms. The summed E-state index contributed by atoms with van der Waals surface area (Å²) in [5.74, 6) is 0.729. The number of rotatable bonds is 5. The number of amides is 1. The molecule has 116 valence electrons. The van der Waals surface area contributed by atoms with Crippen LogP contribution in [0.25, 0.3) is 5.69 Å². The van der Waals surface area contributed by atoms with Crippen LogP contribution in [0.1, 0.15) is 26.0 Å². The summed E-state index contributed by atoms with van der Waals surface area (Å²) < 4.78 is 1.57. The smallest absolute Gasteiger partial charge is 0.269 e. The van der Waals surface area contributed by atoms with Gasteiger partial charge in [0, 0.05) is 24.6 Å². The minimum atomic E-state index is -0.455. The fourth-order valence-corrected chi connectivity index (χ4v) is 2.07. The number of aryl methyl sites for hydroxylation is 1. The van der Waals surface area contributed by atoms with Crippen LogP contribution in [-0.2, 0) is 4.79 Å². The number of nitrogens with one attached hydrogen (secondary N) is 1. The first-order chi connectivity index (χ1) is 10.4. The van der Waals surface area contributed by atoms with Gasteiger partial charge in [-0.2, -0.15) is 5.10 Å². The summed E-state index contributed by atoms with van der Waals surface area (Å²) in [5.41, 5.74) is 1.41. The summed E-state index contributed by atoms with van der Waals surface area (Å²) in [5, 5.41) is 17.8. The number of nitrogens with zero attached hydrogens (tertiary/aromatic N) is 3. The van der Waals surface area contributed by atoms with E-state index in [-0.39, 0.29) is 17.5 Å². The maximum Gasteiger partial charge on any atom is 0.269 e. The molecule has 1 amide bonds. The maximum atomic E-state index is 11.9. The quantitative estimate of drug-likeness (QED) is 0.679. The van der Waals surface area contributed by atoms with E-state index in [9.17, 15) is 14.9 Å². The molecule has 0 bridgehead atoms. The summed E-state index contributed by atoms with van der Waals surface area (Å²) in [4.78, 5) is 22.2. The molecule has 0 aliphatic heterocycles. The SMILES string of the molecule is Cc1cc(NC(=O)CC(C)C)n(-c2ccc([N+](=O)[O-])cc2)n1. The first-order valence-corrected chi connectivity index (χ1v) is 6.98. The van der Waals surface area contributed by atoms with Crippen molar-refractivity contribution in [2.75, 3.05) is 5.32 Å². The predicted molar refractivity (Wildman–Crippen MR) is 83.0 cm³/mol. The van der Waals surface area contributed by atoms with Gasteiger partial charge in [0.1, 0.15) is 5.82 Å². The number of nitro groups is 1. The molecule has 0 spiro atoms. The fourth-order valence-electron chi connectivity index (χ4n) is 2.07. The van der Waals surface area contributed by atoms with Crippen molar-refractivity contribution in [2.24, 2.45) is 5.92 Å². The second kappa shape index (κ2) is 6.38. The standard InChI is InChI=1S/C15H18N4O3/c1-10(2)8-15(20)16-14-9-11(3)17-18(14)12-4-6-13(7-5-12)19(21)22/h4-7,9-10H,8H2,1-3H3,(H,16,20). The van der Waals surface area contributed by atoms with Gasteiger partial charge in [0.2, 0.25) is 5.91 Å². The van der Waals surface area contributed by atoms with Gasteiger partial charge in [-0.3, -0.25) is 14.9 Å². The van der Waals surface area contributed by atoms with Gasteiger partial charge in [0.05, 0.1) is 16.3 Å². The zero-order chi connectivity index (χ0) is 16.3. The summed E-state index contributed by atoms with van der Waals surface area (Å²) >= 11 is 0. The monoisotopic (exact) mass is 302 g/mol. The van der Waals surface area contributed by atoms with Gasteiger partial charge >= 0.3 is 0 Å². The predicted octanol–water partition coefficient (Wildman–Crippen LogP) is 3.07. The van der Waals surface area contributed by atoms with Crippen LogP contribution in [0.3, 0.4) is 0 Å². The summed E-state index contributed by atoms with van der Waals surface area (Å²) in [6.07, 6.45) is 0.421. The largest absolute Gasteiger partial charge is 0.311 e. The highest BCUT2D eigenvalue weighted by molar-refractivity contribution is 5.90. The van der Waals surface area contributed by atoms with E-state index < -0.39 is 4.92 Å². The molecule has 0 unspecified atom stereocenters. The van der Waals surface area contributed by atoms with Crippen LogP contribution in [0.15, 0.2) is 30.3 Å². The maximum absolute atomic E-state index is 11.9. The van der Waals surface area contributed by atoms with Crippen molar-refractivity contribution in [3.05, 3.63) is 46.1 Å². The molecule has 7 nitrogen and oxygen atoms in total. The topological polar surface area (TPSA) is 90.1 Å². The first kappa shape index (κ1) is 15.7. The number of nitro benzene ring substituents is 1. The summed E-state index contributed by atoms with van der Waals surface area (Å²) in [6, 6.07) is 7.78. The molecular weight excluding hydrogens is 284 g/mol. The lowest BCUT2D eigenvalue weighted by atomic mass is 10.1. The lowest BCUT2D eigenvalue weighted by molar-refractivity contribution is -0.384. The fraction of sp³-hybridized carbons (Fsp3) is 0.333. The highest BCUT2D eigenvalue weighted by atomic mass is 16.6. The van der Waals surface area contributed by atoms with Gasteiger partial charge in [0.25, 0.3) is 5.69 Å². The molecule has 0 aliphatic rings. The molecule has 0 radical (unpaired) electrons. The third-order valence-corrected chi connectivity index (χ3v) is 3.00. The number of aromatic nitrogens is 2. The molecule has 2 aromatic rings. The van der Waals surface area contributed by atoms with Crippen LogP contribution in [0.5, 0.6) is 0 Å². The summed E-state index contributed by atoms with van der Waals surface area (Å²) in [6.45, 7) is 5.76. The van der Waals surface area contributed by atoms with E-state index in [1.807, 2.05) is 20.8 Å². The van der Waals surface area contributed by atoms with Gasteiger partial charge in [-0.1, -0.05) is 13.8 Å². The molecule has 1 aromatic heterocycles. The molecule has 1 aromatic carbocycles. The molecule has 1 N–H and O–H groups in total. The van der Waals surface area contributed by atoms with Crippen molar-refractivity contribution in [3.8, 4) is 5.69 Å². The van der Waals surface area contributed by atoms with E-state index in [0.717, 1.165) is 5.69 Å². The highest BCUT2D eigenvalue weighted by Gasteiger charge is 2.13. The molecular formula is C15H18N4O3. The minimum Gasteiger partial charge on any atom is -0.311 e. The second-order valence-electron chi connectivity index (χ2n) is 5.50. The normalized spacial score (nSPS) is 10.7. The lowest BCUT2D eigenvalue weighted by Crippen LogP contribution is -2.16. The lowest BCUT2D eigenvalue weighted by Gasteiger charge is -2.10.